The van der Waals surface area contributed by atoms with E-state index in [1.54, 1.807) is 0 Å². The molecule has 0 aromatic heterocycles. The minimum atomic E-state index is 1.23. The Morgan fingerprint density at radius 2 is 1.50 bits per heavy atom. The molecule has 0 atom stereocenters. The summed E-state index contributed by atoms with van der Waals surface area (Å²) in [4.78, 5) is 0. The van der Waals surface area contributed by atoms with Crippen molar-refractivity contribution < 1.29 is 0 Å². The van der Waals surface area contributed by atoms with Gasteiger partial charge in [0.2, 0.25) is 0 Å². The Morgan fingerprint density at radius 3 is 2.39 bits per heavy atom. The number of fused-ring (bicyclic) bond motifs is 1. The smallest absolute Gasteiger partial charge is 0.0111 e. The van der Waals surface area contributed by atoms with Gasteiger partial charge in [-0.2, -0.15) is 0 Å². The second-order valence-electron chi connectivity index (χ2n) is 4.31. The van der Waals surface area contributed by atoms with E-state index in [2.05, 4.69) is 78.9 Å². The van der Waals surface area contributed by atoms with Gasteiger partial charge in [0.05, 0.1) is 0 Å². The predicted molar refractivity (Wildman–Crippen MR) is 78.9 cm³/mol. The Labute approximate surface area is 108 Å². The molecule has 3 rings (SSSR count). The fourth-order valence-corrected chi connectivity index (χ4v) is 2.15. The summed E-state index contributed by atoms with van der Waals surface area (Å²) < 4.78 is 0. The highest BCUT2D eigenvalue weighted by Gasteiger charge is 2.07. The Hall–Kier alpha value is -2.34. The van der Waals surface area contributed by atoms with Gasteiger partial charge in [-0.05, 0) is 22.3 Å². The third-order valence-corrected chi connectivity index (χ3v) is 3.08. The molecule has 2 aromatic rings. The van der Waals surface area contributed by atoms with E-state index in [-0.39, 0.29) is 0 Å². The summed E-state index contributed by atoms with van der Waals surface area (Å²) >= 11 is 0. The maximum atomic E-state index is 2.17. The standard InChI is InChI=1S/C18H14/c1-2-7-15(8-3-1)9-6-11-17-14-13-16-10-4-5-12-18(16)17/h1-14H/b9-6+,17-11-. The van der Waals surface area contributed by atoms with Crippen molar-refractivity contribution in [1.29, 1.82) is 0 Å². The van der Waals surface area contributed by atoms with E-state index < -0.39 is 0 Å². The van der Waals surface area contributed by atoms with Crippen LogP contribution in [-0.2, 0) is 0 Å². The van der Waals surface area contributed by atoms with Crippen LogP contribution in [0.2, 0.25) is 0 Å². The maximum Gasteiger partial charge on any atom is -0.0111 e. The highest BCUT2D eigenvalue weighted by molar-refractivity contribution is 5.90. The third-order valence-electron chi connectivity index (χ3n) is 3.08. The monoisotopic (exact) mass is 230 g/mol. The van der Waals surface area contributed by atoms with Crippen LogP contribution < -0.4 is 0 Å². The number of hydrogen-bond acceptors (Lipinski definition) is 0. The first-order valence-electron chi connectivity index (χ1n) is 6.14. The lowest BCUT2D eigenvalue weighted by Crippen LogP contribution is -1.78. The van der Waals surface area contributed by atoms with Gasteiger partial charge in [0.1, 0.15) is 0 Å². The highest BCUT2D eigenvalue weighted by atomic mass is 14.1. The average Bonchev–Trinajstić information content (AvgIpc) is 2.84. The molecule has 0 N–H and O–H groups in total. The second-order valence-corrected chi connectivity index (χ2v) is 4.31. The summed E-state index contributed by atoms with van der Waals surface area (Å²) in [7, 11) is 0. The molecule has 0 bridgehead atoms. The second kappa shape index (κ2) is 4.89. The Balaban J connectivity index is 1.84. The topological polar surface area (TPSA) is 0 Å². The molecular formula is C18H14. The molecule has 18 heavy (non-hydrogen) atoms. The first-order chi connectivity index (χ1) is 8.93. The molecule has 0 unspecified atom stereocenters. The van der Waals surface area contributed by atoms with Crippen molar-refractivity contribution in [2.75, 3.05) is 0 Å². The van der Waals surface area contributed by atoms with E-state index in [1.807, 2.05) is 6.07 Å². The fraction of sp³-hybridized carbons (Fsp3) is 0. The van der Waals surface area contributed by atoms with Crippen molar-refractivity contribution in [3.8, 4) is 0 Å². The zero-order chi connectivity index (χ0) is 12.2. The van der Waals surface area contributed by atoms with E-state index in [1.165, 1.54) is 22.3 Å². The SMILES string of the molecule is C1=Cc2ccccc2/C1=C\C=C\c1ccccc1. The molecule has 0 amide bonds. The van der Waals surface area contributed by atoms with Crippen LogP contribution in [0.15, 0.2) is 72.8 Å². The van der Waals surface area contributed by atoms with Gasteiger partial charge >= 0.3 is 0 Å². The number of rotatable bonds is 2. The van der Waals surface area contributed by atoms with Gasteiger partial charge in [0.25, 0.3) is 0 Å². The zero-order valence-electron chi connectivity index (χ0n) is 10.1. The number of hydrogen-bond donors (Lipinski definition) is 0. The molecule has 0 saturated heterocycles. The number of benzene rings is 2. The van der Waals surface area contributed by atoms with Gasteiger partial charge in [0.15, 0.2) is 0 Å². The van der Waals surface area contributed by atoms with Crippen LogP contribution in [-0.4, -0.2) is 0 Å². The molecular weight excluding hydrogens is 216 g/mol. The van der Waals surface area contributed by atoms with Crippen molar-refractivity contribution in [3.05, 3.63) is 89.5 Å². The van der Waals surface area contributed by atoms with Gasteiger partial charge in [-0.3, -0.25) is 0 Å². The van der Waals surface area contributed by atoms with Gasteiger partial charge in [-0.15, -0.1) is 0 Å². The lowest BCUT2D eigenvalue weighted by molar-refractivity contribution is 1.61. The summed E-state index contributed by atoms with van der Waals surface area (Å²) in [5, 5.41) is 0. The average molecular weight is 230 g/mol. The Kier molecular flexibility index (Phi) is 2.93. The molecule has 2 aromatic carbocycles. The largest absolute Gasteiger partial charge is 0.0622 e. The lowest BCUT2D eigenvalue weighted by atomic mass is 10.1. The maximum absolute atomic E-state index is 2.17. The summed E-state index contributed by atoms with van der Waals surface area (Å²) in [5.41, 5.74) is 5.12. The van der Waals surface area contributed by atoms with E-state index in [0.29, 0.717) is 0 Å². The van der Waals surface area contributed by atoms with Crippen molar-refractivity contribution in [2.45, 2.75) is 0 Å². The van der Waals surface area contributed by atoms with Crippen LogP contribution in [0.3, 0.4) is 0 Å². The lowest BCUT2D eigenvalue weighted by Gasteiger charge is -1.98. The Bertz CT molecular complexity index is 628. The van der Waals surface area contributed by atoms with Crippen LogP contribution in [0.4, 0.5) is 0 Å². The molecule has 0 heteroatoms. The summed E-state index contributed by atoms with van der Waals surface area (Å²) in [6, 6.07) is 18.8. The summed E-state index contributed by atoms with van der Waals surface area (Å²) in [6.07, 6.45) is 10.7. The van der Waals surface area contributed by atoms with E-state index in [0.717, 1.165) is 0 Å². The normalized spacial score (nSPS) is 15.4. The van der Waals surface area contributed by atoms with E-state index in [4.69, 9.17) is 0 Å². The zero-order valence-corrected chi connectivity index (χ0v) is 10.1. The van der Waals surface area contributed by atoms with Gasteiger partial charge in [-0.1, -0.05) is 85.0 Å². The van der Waals surface area contributed by atoms with Crippen LogP contribution in [0.5, 0.6) is 0 Å². The van der Waals surface area contributed by atoms with Crippen LogP contribution in [0, 0.1) is 0 Å². The quantitative estimate of drug-likeness (QED) is 0.694. The van der Waals surface area contributed by atoms with Gasteiger partial charge < -0.3 is 0 Å². The first-order valence-corrected chi connectivity index (χ1v) is 6.14. The predicted octanol–water partition coefficient (Wildman–Crippen LogP) is 4.81. The van der Waals surface area contributed by atoms with Gasteiger partial charge in [-0.25, -0.2) is 0 Å². The van der Waals surface area contributed by atoms with Crippen LogP contribution in [0.1, 0.15) is 16.7 Å². The van der Waals surface area contributed by atoms with Crippen molar-refractivity contribution in [3.63, 3.8) is 0 Å². The first kappa shape index (κ1) is 10.8. The van der Waals surface area contributed by atoms with Crippen LogP contribution in [0.25, 0.3) is 17.7 Å². The molecule has 0 aliphatic heterocycles. The van der Waals surface area contributed by atoms with Crippen LogP contribution >= 0.6 is 0 Å². The molecule has 1 aliphatic rings. The number of allylic oxidation sites excluding steroid dienone is 4. The third kappa shape index (κ3) is 2.18. The molecule has 0 spiro atoms. The summed E-state index contributed by atoms with van der Waals surface area (Å²) in [5.74, 6) is 0. The van der Waals surface area contributed by atoms with Crippen molar-refractivity contribution in [1.82, 2.24) is 0 Å². The molecule has 0 fully saturated rings. The van der Waals surface area contributed by atoms with Crippen molar-refractivity contribution >= 4 is 17.7 Å². The molecule has 86 valence electrons. The summed E-state index contributed by atoms with van der Waals surface area (Å²) in [6.45, 7) is 0. The molecule has 0 saturated carbocycles. The minimum absolute atomic E-state index is 1.23. The highest BCUT2D eigenvalue weighted by Crippen LogP contribution is 2.28. The van der Waals surface area contributed by atoms with Gasteiger partial charge in [0, 0.05) is 0 Å². The molecule has 1 aliphatic carbocycles. The Morgan fingerprint density at radius 1 is 0.722 bits per heavy atom. The minimum Gasteiger partial charge on any atom is -0.0622 e. The molecule has 0 radical (unpaired) electrons. The van der Waals surface area contributed by atoms with E-state index >= 15 is 0 Å². The van der Waals surface area contributed by atoms with Crippen molar-refractivity contribution in [2.24, 2.45) is 0 Å². The molecule has 0 nitrogen and oxygen atoms in total. The molecule has 0 heterocycles. The van der Waals surface area contributed by atoms with E-state index in [9.17, 15) is 0 Å². The fourth-order valence-electron chi connectivity index (χ4n) is 2.15.